The third-order valence-electron chi connectivity index (χ3n) is 6.78. The predicted octanol–water partition coefficient (Wildman–Crippen LogP) is 4.73. The number of carbonyl (C=O) groups is 1. The van der Waals surface area contributed by atoms with Crippen molar-refractivity contribution in [1.29, 1.82) is 0 Å². The van der Waals surface area contributed by atoms with Crippen molar-refractivity contribution in [1.82, 2.24) is 9.55 Å². The summed E-state index contributed by atoms with van der Waals surface area (Å²) in [7, 11) is 0. The maximum absolute atomic E-state index is 13.0. The Morgan fingerprint density at radius 2 is 1.97 bits per heavy atom. The fourth-order valence-corrected chi connectivity index (χ4v) is 6.23. The number of fused-ring (bicyclic) bond motifs is 3. The second-order valence-corrected chi connectivity index (χ2v) is 11.1. The molecule has 0 unspecified atom stereocenters. The smallest absolute Gasteiger partial charge is 0.326 e. The normalized spacial score (nSPS) is 25.0. The molecule has 2 aromatic rings. The third kappa shape index (κ3) is 4.27. The first-order chi connectivity index (χ1) is 13.7. The van der Waals surface area contributed by atoms with Gasteiger partial charge in [0.15, 0.2) is 0 Å². The van der Waals surface area contributed by atoms with Gasteiger partial charge in [-0.1, -0.05) is 27.7 Å². The zero-order chi connectivity index (χ0) is 20.8. The molecule has 6 heteroatoms. The molecule has 4 rings (SSSR count). The van der Waals surface area contributed by atoms with E-state index in [0.717, 1.165) is 60.7 Å². The maximum atomic E-state index is 13.0. The van der Waals surface area contributed by atoms with E-state index in [0.29, 0.717) is 17.3 Å². The SMILES string of the molecule is C[C@H]1CCc2c(sc3ncn(CC(=O)OC4CCC(C(C)(C)C)CC4)c(=O)c23)C1. The number of esters is 1. The van der Waals surface area contributed by atoms with Crippen LogP contribution in [0.1, 0.15) is 70.2 Å². The summed E-state index contributed by atoms with van der Waals surface area (Å²) < 4.78 is 7.13. The van der Waals surface area contributed by atoms with Crippen LogP contribution in [0, 0.1) is 17.3 Å². The van der Waals surface area contributed by atoms with E-state index in [2.05, 4.69) is 32.7 Å². The highest BCUT2D eigenvalue weighted by atomic mass is 32.1. The van der Waals surface area contributed by atoms with Gasteiger partial charge >= 0.3 is 5.97 Å². The summed E-state index contributed by atoms with van der Waals surface area (Å²) in [6.07, 6.45) is 8.55. The number of rotatable bonds is 3. The highest BCUT2D eigenvalue weighted by Gasteiger charge is 2.31. The molecular weight excluding hydrogens is 384 g/mol. The molecule has 29 heavy (non-hydrogen) atoms. The summed E-state index contributed by atoms with van der Waals surface area (Å²) in [5.74, 6) is 1.01. The maximum Gasteiger partial charge on any atom is 0.326 e. The van der Waals surface area contributed by atoms with Gasteiger partial charge in [0.2, 0.25) is 0 Å². The van der Waals surface area contributed by atoms with Crippen molar-refractivity contribution in [2.75, 3.05) is 0 Å². The van der Waals surface area contributed by atoms with E-state index in [1.54, 1.807) is 11.3 Å². The lowest BCUT2D eigenvalue weighted by molar-refractivity contribution is -0.152. The van der Waals surface area contributed by atoms with Crippen molar-refractivity contribution in [3.8, 4) is 0 Å². The van der Waals surface area contributed by atoms with E-state index < -0.39 is 0 Å². The number of nitrogens with zero attached hydrogens (tertiary/aromatic N) is 2. The lowest BCUT2D eigenvalue weighted by Gasteiger charge is -2.36. The van der Waals surface area contributed by atoms with Gasteiger partial charge in [0.1, 0.15) is 17.5 Å². The minimum Gasteiger partial charge on any atom is -0.461 e. The van der Waals surface area contributed by atoms with E-state index in [4.69, 9.17) is 4.74 Å². The average molecular weight is 417 g/mol. The summed E-state index contributed by atoms with van der Waals surface area (Å²) in [6, 6.07) is 0. The summed E-state index contributed by atoms with van der Waals surface area (Å²) >= 11 is 1.64. The molecule has 0 aliphatic heterocycles. The molecule has 2 aliphatic carbocycles. The van der Waals surface area contributed by atoms with Gasteiger partial charge in [-0.05, 0) is 67.8 Å². The van der Waals surface area contributed by atoms with Gasteiger partial charge in [-0.25, -0.2) is 4.98 Å². The summed E-state index contributed by atoms with van der Waals surface area (Å²) in [5.41, 5.74) is 1.36. The molecular formula is C23H32N2O3S. The molecule has 0 saturated heterocycles. The minimum atomic E-state index is -0.329. The first-order valence-electron chi connectivity index (χ1n) is 10.9. The molecule has 2 aliphatic rings. The van der Waals surface area contributed by atoms with Gasteiger partial charge in [-0.15, -0.1) is 11.3 Å². The topological polar surface area (TPSA) is 61.2 Å². The highest BCUT2D eigenvalue weighted by molar-refractivity contribution is 7.18. The third-order valence-corrected chi connectivity index (χ3v) is 7.94. The van der Waals surface area contributed by atoms with E-state index in [9.17, 15) is 9.59 Å². The number of ether oxygens (including phenoxy) is 1. The standard InChI is InChI=1S/C23H32N2O3S/c1-14-5-10-17-18(11-14)29-21-20(17)22(27)25(13-24-21)12-19(26)28-16-8-6-15(7-9-16)23(2,3)4/h13-16H,5-12H2,1-4H3/t14-,15?,16?/m0/s1. The van der Waals surface area contributed by atoms with Crippen LogP contribution in [0.2, 0.25) is 0 Å². The van der Waals surface area contributed by atoms with Crippen LogP contribution in [-0.2, 0) is 28.9 Å². The summed E-state index contributed by atoms with van der Waals surface area (Å²) in [4.78, 5) is 32.1. The van der Waals surface area contributed by atoms with Crippen LogP contribution in [-0.4, -0.2) is 21.6 Å². The van der Waals surface area contributed by atoms with Crippen LogP contribution in [0.15, 0.2) is 11.1 Å². The van der Waals surface area contributed by atoms with Crippen LogP contribution < -0.4 is 5.56 Å². The summed E-state index contributed by atoms with van der Waals surface area (Å²) in [5, 5.41) is 0.720. The number of hydrogen-bond acceptors (Lipinski definition) is 5. The quantitative estimate of drug-likeness (QED) is 0.679. The minimum absolute atomic E-state index is 0.0242. The van der Waals surface area contributed by atoms with Gasteiger partial charge in [0.25, 0.3) is 5.56 Å². The number of aryl methyl sites for hydroxylation is 1. The Bertz CT molecular complexity index is 961. The van der Waals surface area contributed by atoms with Crippen molar-refractivity contribution >= 4 is 27.5 Å². The first-order valence-corrected chi connectivity index (χ1v) is 11.7. The molecule has 1 saturated carbocycles. The number of hydrogen-bond donors (Lipinski definition) is 0. The van der Waals surface area contributed by atoms with Crippen molar-refractivity contribution in [2.45, 2.75) is 85.3 Å². The Morgan fingerprint density at radius 3 is 2.66 bits per heavy atom. The average Bonchev–Trinajstić information content (AvgIpc) is 3.02. The van der Waals surface area contributed by atoms with Gasteiger partial charge in [-0.2, -0.15) is 0 Å². The van der Waals surface area contributed by atoms with E-state index in [-0.39, 0.29) is 24.2 Å². The molecule has 1 atom stereocenters. The fraction of sp³-hybridized carbons (Fsp3) is 0.696. The second kappa shape index (κ2) is 7.86. The van der Waals surface area contributed by atoms with E-state index >= 15 is 0 Å². The second-order valence-electron chi connectivity index (χ2n) is 10.0. The van der Waals surface area contributed by atoms with Gasteiger partial charge in [0.05, 0.1) is 11.7 Å². The molecule has 0 spiro atoms. The molecule has 158 valence electrons. The molecule has 2 aromatic heterocycles. The molecule has 0 bridgehead atoms. The van der Waals surface area contributed by atoms with Crippen molar-refractivity contribution in [3.63, 3.8) is 0 Å². The highest BCUT2D eigenvalue weighted by Crippen LogP contribution is 2.38. The van der Waals surface area contributed by atoms with Gasteiger partial charge in [-0.3, -0.25) is 14.2 Å². The Kier molecular flexibility index (Phi) is 5.58. The molecule has 0 aromatic carbocycles. The van der Waals surface area contributed by atoms with Crippen LogP contribution in [0.25, 0.3) is 10.2 Å². The van der Waals surface area contributed by atoms with Crippen LogP contribution >= 0.6 is 11.3 Å². The molecule has 0 radical (unpaired) electrons. The number of thiophene rings is 1. The Labute approximate surface area is 176 Å². The zero-order valence-electron chi connectivity index (χ0n) is 18.0. The Morgan fingerprint density at radius 1 is 1.24 bits per heavy atom. The van der Waals surface area contributed by atoms with Crippen molar-refractivity contribution in [3.05, 3.63) is 27.1 Å². The van der Waals surface area contributed by atoms with Gasteiger partial charge in [0, 0.05) is 4.88 Å². The van der Waals surface area contributed by atoms with Crippen LogP contribution in [0.5, 0.6) is 0 Å². The molecule has 0 amide bonds. The molecule has 2 heterocycles. The molecule has 0 N–H and O–H groups in total. The molecule has 1 fully saturated rings. The predicted molar refractivity (Wildman–Crippen MR) is 116 cm³/mol. The number of aromatic nitrogens is 2. The van der Waals surface area contributed by atoms with E-state index in [1.165, 1.54) is 15.8 Å². The van der Waals surface area contributed by atoms with Crippen LogP contribution in [0.3, 0.4) is 0 Å². The lowest BCUT2D eigenvalue weighted by atomic mass is 9.72. The lowest BCUT2D eigenvalue weighted by Crippen LogP contribution is -2.32. The zero-order valence-corrected chi connectivity index (χ0v) is 18.8. The largest absolute Gasteiger partial charge is 0.461 e. The molecule has 5 nitrogen and oxygen atoms in total. The monoisotopic (exact) mass is 416 g/mol. The van der Waals surface area contributed by atoms with Crippen molar-refractivity contribution in [2.24, 2.45) is 17.3 Å². The van der Waals surface area contributed by atoms with E-state index in [1.807, 2.05) is 0 Å². The summed E-state index contributed by atoms with van der Waals surface area (Å²) in [6.45, 7) is 9.04. The van der Waals surface area contributed by atoms with Gasteiger partial charge < -0.3 is 4.74 Å². The first kappa shape index (κ1) is 20.6. The Hall–Kier alpha value is -1.69. The van der Waals surface area contributed by atoms with Crippen molar-refractivity contribution < 1.29 is 9.53 Å². The van der Waals surface area contributed by atoms with Crippen LogP contribution in [0.4, 0.5) is 0 Å². The Balaban J connectivity index is 1.44. The fourth-order valence-electron chi connectivity index (χ4n) is 4.89. The number of carbonyl (C=O) groups excluding carboxylic acids is 1.